The van der Waals surface area contributed by atoms with Crippen molar-refractivity contribution >= 4 is 32.7 Å². The van der Waals surface area contributed by atoms with Crippen molar-refractivity contribution in [3.8, 4) is 5.75 Å². The first-order valence-electron chi connectivity index (χ1n) is 10.4. The van der Waals surface area contributed by atoms with E-state index >= 15 is 0 Å². The molecular formula is C25H21F2N3O2. The maximum atomic E-state index is 13.2. The summed E-state index contributed by atoms with van der Waals surface area (Å²) in [5.74, 6) is 0.753. The number of fused-ring (bicyclic) bond motifs is 5. The molecule has 162 valence electrons. The van der Waals surface area contributed by atoms with Gasteiger partial charge in [-0.2, -0.15) is 0 Å². The second-order valence-electron chi connectivity index (χ2n) is 7.73. The van der Waals surface area contributed by atoms with Crippen molar-refractivity contribution in [2.75, 3.05) is 7.11 Å². The highest BCUT2D eigenvalue weighted by molar-refractivity contribution is 6.19. The van der Waals surface area contributed by atoms with Gasteiger partial charge in [0.05, 0.1) is 36.4 Å². The van der Waals surface area contributed by atoms with Gasteiger partial charge in [0.2, 0.25) is 6.43 Å². The smallest absolute Gasteiger partial charge is 0.261 e. The number of aromatic nitrogens is 3. The fourth-order valence-electron chi connectivity index (χ4n) is 4.27. The van der Waals surface area contributed by atoms with Crippen LogP contribution >= 0.6 is 0 Å². The molecule has 5 rings (SSSR count). The van der Waals surface area contributed by atoms with E-state index in [1.165, 1.54) is 0 Å². The van der Waals surface area contributed by atoms with E-state index in [1.54, 1.807) is 24.1 Å². The second kappa shape index (κ2) is 8.07. The number of hydrogen-bond acceptors (Lipinski definition) is 3. The molecule has 2 aromatic heterocycles. The third kappa shape index (κ3) is 3.39. The molecule has 0 aliphatic rings. The minimum Gasteiger partial charge on any atom is -0.497 e. The van der Waals surface area contributed by atoms with Gasteiger partial charge in [-0.3, -0.25) is 9.36 Å². The van der Waals surface area contributed by atoms with Gasteiger partial charge in [-0.05, 0) is 35.9 Å². The lowest BCUT2D eigenvalue weighted by Crippen LogP contribution is -2.21. The van der Waals surface area contributed by atoms with Crippen LogP contribution in [0.5, 0.6) is 5.75 Å². The van der Waals surface area contributed by atoms with Crippen LogP contribution < -0.4 is 10.3 Å². The Balaban J connectivity index is 1.66. The first kappa shape index (κ1) is 20.2. The molecule has 0 saturated heterocycles. The van der Waals surface area contributed by atoms with Crippen molar-refractivity contribution < 1.29 is 13.5 Å². The van der Waals surface area contributed by atoms with E-state index in [0.29, 0.717) is 17.4 Å². The molecule has 7 heteroatoms. The zero-order valence-corrected chi connectivity index (χ0v) is 17.5. The predicted octanol–water partition coefficient (Wildman–Crippen LogP) is 5.22. The van der Waals surface area contributed by atoms with Crippen LogP contribution in [0.4, 0.5) is 8.78 Å². The number of rotatable bonds is 6. The number of methoxy groups -OCH3 is 1. The first-order chi connectivity index (χ1) is 15.6. The maximum absolute atomic E-state index is 13.2. The van der Waals surface area contributed by atoms with Crippen LogP contribution in [0.3, 0.4) is 0 Å². The summed E-state index contributed by atoms with van der Waals surface area (Å²) >= 11 is 0. The number of para-hydroxylation sites is 1. The van der Waals surface area contributed by atoms with Gasteiger partial charge in [-0.15, -0.1) is 0 Å². The molecule has 0 aliphatic heterocycles. The summed E-state index contributed by atoms with van der Waals surface area (Å²) in [6.07, 6.45) is -1.06. The molecule has 0 unspecified atom stereocenters. The van der Waals surface area contributed by atoms with E-state index in [1.807, 2.05) is 59.2 Å². The summed E-state index contributed by atoms with van der Waals surface area (Å²) in [6.45, 7) is 0.585. The highest BCUT2D eigenvalue weighted by Crippen LogP contribution is 2.33. The van der Waals surface area contributed by atoms with Crippen LogP contribution in [-0.2, 0) is 13.1 Å². The molecule has 0 aliphatic carbocycles. The number of halogens is 2. The molecule has 32 heavy (non-hydrogen) atoms. The minimum absolute atomic E-state index is 0.142. The Hall–Kier alpha value is -3.74. The molecule has 3 aromatic carbocycles. The first-order valence-corrected chi connectivity index (χ1v) is 10.4. The molecule has 5 nitrogen and oxygen atoms in total. The average Bonchev–Trinajstić information content (AvgIpc) is 3.14. The van der Waals surface area contributed by atoms with E-state index in [0.717, 1.165) is 33.1 Å². The van der Waals surface area contributed by atoms with E-state index in [9.17, 15) is 13.6 Å². The average molecular weight is 433 g/mol. The molecule has 0 bridgehead atoms. The number of alkyl halides is 2. The zero-order valence-electron chi connectivity index (χ0n) is 17.5. The zero-order chi connectivity index (χ0) is 22.2. The quantitative estimate of drug-likeness (QED) is 0.369. The summed E-state index contributed by atoms with van der Waals surface area (Å²) in [6, 6.07) is 18.8. The Labute approximate surface area is 182 Å². The molecule has 5 aromatic rings. The highest BCUT2D eigenvalue weighted by Gasteiger charge is 2.17. The largest absolute Gasteiger partial charge is 0.497 e. The lowest BCUT2D eigenvalue weighted by molar-refractivity contribution is 0.132. The van der Waals surface area contributed by atoms with Crippen LogP contribution in [0.1, 0.15) is 12.0 Å². The van der Waals surface area contributed by atoms with Gasteiger partial charge in [-0.1, -0.05) is 30.3 Å². The fraction of sp³-hybridized carbons (Fsp3) is 0.200. The highest BCUT2D eigenvalue weighted by atomic mass is 19.3. The number of aryl methyl sites for hydroxylation is 1. The van der Waals surface area contributed by atoms with Crippen molar-refractivity contribution in [1.29, 1.82) is 0 Å². The Morgan fingerprint density at radius 3 is 2.50 bits per heavy atom. The van der Waals surface area contributed by atoms with Gasteiger partial charge < -0.3 is 9.30 Å². The van der Waals surface area contributed by atoms with Gasteiger partial charge in [0, 0.05) is 29.3 Å². The van der Waals surface area contributed by atoms with Crippen LogP contribution in [-0.4, -0.2) is 27.7 Å². The van der Waals surface area contributed by atoms with Gasteiger partial charge in [0.1, 0.15) is 5.75 Å². The van der Waals surface area contributed by atoms with E-state index < -0.39 is 6.43 Å². The summed E-state index contributed by atoms with van der Waals surface area (Å²) in [5.41, 5.74) is 3.07. The van der Waals surface area contributed by atoms with Crippen molar-refractivity contribution in [2.45, 2.75) is 25.9 Å². The lowest BCUT2D eigenvalue weighted by atomic mass is 10.1. The van der Waals surface area contributed by atoms with Gasteiger partial charge in [0.15, 0.2) is 0 Å². The topological polar surface area (TPSA) is 49.0 Å². The predicted molar refractivity (Wildman–Crippen MR) is 122 cm³/mol. The molecule has 0 radical (unpaired) electrons. The molecule has 0 fully saturated rings. The monoisotopic (exact) mass is 433 g/mol. The number of nitrogens with zero attached hydrogens (tertiary/aromatic N) is 3. The van der Waals surface area contributed by atoms with Crippen molar-refractivity contribution in [2.24, 2.45) is 0 Å². The normalized spacial score (nSPS) is 11.8. The summed E-state index contributed by atoms with van der Waals surface area (Å²) in [5, 5.41) is 2.23. The Morgan fingerprint density at radius 2 is 1.75 bits per heavy atom. The Bertz CT molecular complexity index is 1490. The van der Waals surface area contributed by atoms with Gasteiger partial charge >= 0.3 is 0 Å². The van der Waals surface area contributed by atoms with Crippen LogP contribution in [0.15, 0.2) is 71.8 Å². The Morgan fingerprint density at radius 1 is 0.969 bits per heavy atom. The third-order valence-corrected chi connectivity index (χ3v) is 5.81. The summed E-state index contributed by atoms with van der Waals surface area (Å²) < 4.78 is 34.5. The summed E-state index contributed by atoms with van der Waals surface area (Å²) in [7, 11) is 1.61. The summed E-state index contributed by atoms with van der Waals surface area (Å²) in [4.78, 5) is 17.9. The molecule has 0 saturated carbocycles. The maximum Gasteiger partial charge on any atom is 0.261 e. The van der Waals surface area contributed by atoms with Crippen LogP contribution in [0.25, 0.3) is 32.7 Å². The number of hydrogen-bond donors (Lipinski definition) is 0. The van der Waals surface area contributed by atoms with Crippen LogP contribution in [0, 0.1) is 0 Å². The molecule has 0 atom stereocenters. The molecule has 0 amide bonds. The minimum atomic E-state index is -2.38. The Kier molecular flexibility index (Phi) is 5.09. The molecule has 2 heterocycles. The van der Waals surface area contributed by atoms with E-state index in [-0.39, 0.29) is 18.5 Å². The fourth-order valence-corrected chi connectivity index (χ4v) is 4.27. The number of ether oxygens (including phenoxy) is 1. The molecule has 0 spiro atoms. The number of benzene rings is 3. The van der Waals surface area contributed by atoms with Crippen molar-refractivity contribution in [3.63, 3.8) is 0 Å². The molecule has 0 N–H and O–H groups in total. The third-order valence-electron chi connectivity index (χ3n) is 5.81. The van der Waals surface area contributed by atoms with Crippen LogP contribution in [0.2, 0.25) is 0 Å². The second-order valence-corrected chi connectivity index (χ2v) is 7.73. The molecular weight excluding hydrogens is 412 g/mol. The van der Waals surface area contributed by atoms with Crippen molar-refractivity contribution in [1.82, 2.24) is 14.1 Å². The standard InChI is InChI=1S/C25H21F2N3O2/c1-32-17-8-6-16(7-9-17)14-29-15-28-24-19(25(29)31)10-11-21-23(24)18-4-2-3-5-20(18)30(21)13-12-22(26)27/h2-11,15,22H,12-14H2,1H3. The van der Waals surface area contributed by atoms with E-state index in [4.69, 9.17) is 4.74 Å². The van der Waals surface area contributed by atoms with E-state index in [2.05, 4.69) is 4.98 Å². The SMILES string of the molecule is COc1ccc(Cn2cnc3c(ccc4c3c3ccccc3n4CCC(F)F)c2=O)cc1. The van der Waals surface area contributed by atoms with Gasteiger partial charge in [-0.25, -0.2) is 13.8 Å². The van der Waals surface area contributed by atoms with Crippen molar-refractivity contribution in [3.05, 3.63) is 82.9 Å². The van der Waals surface area contributed by atoms with Gasteiger partial charge in [0.25, 0.3) is 5.56 Å². The lowest BCUT2D eigenvalue weighted by Gasteiger charge is -2.09.